The van der Waals surface area contributed by atoms with Crippen molar-refractivity contribution >= 4 is 11.9 Å². The van der Waals surface area contributed by atoms with Gasteiger partial charge in [0.25, 0.3) is 0 Å². The molecule has 1 saturated heterocycles. The molecule has 1 aliphatic heterocycles. The largest absolute Gasteiger partial charge is 0.481 e. The Kier molecular flexibility index (Phi) is 2.21. The second kappa shape index (κ2) is 3.26. The summed E-state index contributed by atoms with van der Waals surface area (Å²) in [5, 5.41) is 8.70. The van der Waals surface area contributed by atoms with Crippen molar-refractivity contribution in [3.63, 3.8) is 0 Å². The molecule has 2 rings (SSSR count). The summed E-state index contributed by atoms with van der Waals surface area (Å²) >= 11 is 0. The first-order valence-electron chi connectivity index (χ1n) is 5.11. The zero-order valence-electron chi connectivity index (χ0n) is 8.27. The Morgan fingerprint density at radius 3 is 2.50 bits per heavy atom. The molecule has 1 unspecified atom stereocenters. The topological polar surface area (TPSA) is 57.6 Å². The van der Waals surface area contributed by atoms with Gasteiger partial charge in [-0.2, -0.15) is 0 Å². The zero-order chi connectivity index (χ0) is 10.3. The van der Waals surface area contributed by atoms with Gasteiger partial charge in [0, 0.05) is 13.1 Å². The zero-order valence-corrected chi connectivity index (χ0v) is 8.27. The summed E-state index contributed by atoms with van der Waals surface area (Å²) in [4.78, 5) is 24.1. The van der Waals surface area contributed by atoms with E-state index >= 15 is 0 Å². The first-order valence-corrected chi connectivity index (χ1v) is 5.11. The van der Waals surface area contributed by atoms with E-state index in [4.69, 9.17) is 5.11 Å². The number of hydrogen-bond donors (Lipinski definition) is 1. The van der Waals surface area contributed by atoms with Gasteiger partial charge in [0.05, 0.1) is 11.8 Å². The average molecular weight is 197 g/mol. The Morgan fingerprint density at radius 2 is 2.07 bits per heavy atom. The maximum Gasteiger partial charge on any atom is 0.307 e. The van der Waals surface area contributed by atoms with Crippen molar-refractivity contribution in [1.29, 1.82) is 0 Å². The van der Waals surface area contributed by atoms with Gasteiger partial charge in [-0.3, -0.25) is 9.59 Å². The number of rotatable bonds is 2. The molecule has 0 bridgehead atoms. The quantitative estimate of drug-likeness (QED) is 0.704. The molecule has 0 aromatic carbocycles. The molecule has 1 heterocycles. The smallest absolute Gasteiger partial charge is 0.307 e. The van der Waals surface area contributed by atoms with Crippen LogP contribution in [0.4, 0.5) is 0 Å². The summed E-state index contributed by atoms with van der Waals surface area (Å²) < 4.78 is 0. The highest BCUT2D eigenvalue weighted by molar-refractivity contribution is 5.89. The fraction of sp³-hybridized carbons (Fsp3) is 0.800. The molecule has 0 spiro atoms. The molecule has 1 aliphatic carbocycles. The van der Waals surface area contributed by atoms with Crippen LogP contribution in [0.2, 0.25) is 0 Å². The summed E-state index contributed by atoms with van der Waals surface area (Å²) in [5.74, 6) is -0.825. The van der Waals surface area contributed by atoms with Gasteiger partial charge in [0.15, 0.2) is 0 Å². The van der Waals surface area contributed by atoms with Crippen LogP contribution in [0.1, 0.15) is 19.8 Å². The van der Waals surface area contributed by atoms with Gasteiger partial charge in [-0.25, -0.2) is 0 Å². The van der Waals surface area contributed by atoms with E-state index in [0.29, 0.717) is 12.3 Å². The molecule has 14 heavy (non-hydrogen) atoms. The maximum atomic E-state index is 11.7. The van der Waals surface area contributed by atoms with Crippen molar-refractivity contribution in [3.05, 3.63) is 0 Å². The van der Waals surface area contributed by atoms with Crippen LogP contribution in [0, 0.1) is 17.8 Å². The second-order valence-electron chi connectivity index (χ2n) is 4.47. The van der Waals surface area contributed by atoms with E-state index in [1.165, 1.54) is 0 Å². The summed E-state index contributed by atoms with van der Waals surface area (Å²) in [7, 11) is 0. The molecule has 2 aliphatic rings. The monoisotopic (exact) mass is 197 g/mol. The van der Waals surface area contributed by atoms with E-state index < -0.39 is 11.9 Å². The predicted molar refractivity (Wildman–Crippen MR) is 49.6 cm³/mol. The van der Waals surface area contributed by atoms with Crippen molar-refractivity contribution in [2.75, 3.05) is 13.1 Å². The summed E-state index contributed by atoms with van der Waals surface area (Å²) in [6.07, 6.45) is 1.59. The molecule has 2 fully saturated rings. The number of carboxylic acids is 1. The Hall–Kier alpha value is -1.06. The number of hydrogen-bond acceptors (Lipinski definition) is 2. The minimum atomic E-state index is -0.824. The molecule has 78 valence electrons. The average Bonchev–Trinajstić information content (AvgIpc) is 2.82. The van der Waals surface area contributed by atoms with Crippen molar-refractivity contribution < 1.29 is 14.7 Å². The van der Waals surface area contributed by atoms with Crippen LogP contribution in [0.15, 0.2) is 0 Å². The number of likely N-dealkylation sites (tertiary alicyclic amines) is 1. The van der Waals surface area contributed by atoms with Crippen LogP contribution >= 0.6 is 0 Å². The van der Waals surface area contributed by atoms with Crippen LogP contribution in [0.5, 0.6) is 0 Å². The molecule has 4 nitrogen and oxygen atoms in total. The SMILES string of the molecule is CC1CCN(C(=O)[C@@H]2C[C@@H]2C(=O)O)C1. The molecule has 0 aromatic rings. The molecule has 3 atom stereocenters. The Labute approximate surface area is 82.9 Å². The van der Waals surface area contributed by atoms with Gasteiger partial charge >= 0.3 is 5.97 Å². The molecule has 1 N–H and O–H groups in total. The van der Waals surface area contributed by atoms with E-state index in [1.807, 2.05) is 4.90 Å². The number of carboxylic acid groups (broad SMARTS) is 1. The Morgan fingerprint density at radius 1 is 1.36 bits per heavy atom. The Balaban J connectivity index is 1.88. The highest BCUT2D eigenvalue weighted by Crippen LogP contribution is 2.40. The van der Waals surface area contributed by atoms with E-state index in [0.717, 1.165) is 19.5 Å². The second-order valence-corrected chi connectivity index (χ2v) is 4.47. The van der Waals surface area contributed by atoms with Gasteiger partial charge in [-0.05, 0) is 18.8 Å². The standard InChI is InChI=1S/C10H15NO3/c1-6-2-3-11(5-6)9(12)7-4-8(7)10(13)14/h6-8H,2-5H2,1H3,(H,13,14)/t6?,7-,8+/m1/s1. The van der Waals surface area contributed by atoms with Crippen LogP contribution in [0.25, 0.3) is 0 Å². The summed E-state index contributed by atoms with van der Waals surface area (Å²) in [5.41, 5.74) is 0. The highest BCUT2D eigenvalue weighted by atomic mass is 16.4. The maximum absolute atomic E-state index is 11.7. The third kappa shape index (κ3) is 1.61. The van der Waals surface area contributed by atoms with E-state index in [9.17, 15) is 9.59 Å². The molecule has 1 amide bonds. The van der Waals surface area contributed by atoms with Gasteiger partial charge < -0.3 is 10.0 Å². The van der Waals surface area contributed by atoms with Gasteiger partial charge in [0.2, 0.25) is 5.91 Å². The molecule has 4 heteroatoms. The fourth-order valence-corrected chi connectivity index (χ4v) is 2.11. The summed E-state index contributed by atoms with van der Waals surface area (Å²) in [6.45, 7) is 3.74. The first-order chi connectivity index (χ1) is 6.59. The normalized spacial score (nSPS) is 35.8. The lowest BCUT2D eigenvalue weighted by atomic mass is 10.2. The van der Waals surface area contributed by atoms with Crippen LogP contribution in [-0.4, -0.2) is 35.0 Å². The van der Waals surface area contributed by atoms with Crippen LogP contribution < -0.4 is 0 Å². The van der Waals surface area contributed by atoms with E-state index in [-0.39, 0.29) is 11.8 Å². The number of aliphatic carboxylic acids is 1. The molecule has 1 saturated carbocycles. The number of amides is 1. The fourth-order valence-electron chi connectivity index (χ4n) is 2.11. The van der Waals surface area contributed by atoms with Crippen LogP contribution in [-0.2, 0) is 9.59 Å². The lowest BCUT2D eigenvalue weighted by Crippen LogP contribution is -2.30. The van der Waals surface area contributed by atoms with Crippen molar-refractivity contribution in [2.24, 2.45) is 17.8 Å². The molecule has 0 aromatic heterocycles. The lowest BCUT2D eigenvalue weighted by Gasteiger charge is -2.15. The Bertz CT molecular complexity index is 277. The minimum Gasteiger partial charge on any atom is -0.481 e. The third-order valence-electron chi connectivity index (χ3n) is 3.16. The van der Waals surface area contributed by atoms with E-state index in [2.05, 4.69) is 6.92 Å². The molecular weight excluding hydrogens is 182 g/mol. The third-order valence-corrected chi connectivity index (χ3v) is 3.16. The molecule has 0 radical (unpaired) electrons. The minimum absolute atomic E-state index is 0.0572. The number of carbonyl (C=O) groups is 2. The van der Waals surface area contributed by atoms with Crippen molar-refractivity contribution in [3.8, 4) is 0 Å². The predicted octanol–water partition coefficient (Wildman–Crippen LogP) is 0.575. The molecular formula is C10H15NO3. The highest BCUT2D eigenvalue weighted by Gasteiger charge is 2.50. The van der Waals surface area contributed by atoms with Gasteiger partial charge in [0.1, 0.15) is 0 Å². The van der Waals surface area contributed by atoms with E-state index in [1.54, 1.807) is 0 Å². The van der Waals surface area contributed by atoms with Gasteiger partial charge in [-0.15, -0.1) is 0 Å². The van der Waals surface area contributed by atoms with Crippen molar-refractivity contribution in [1.82, 2.24) is 4.90 Å². The number of carbonyl (C=O) groups excluding carboxylic acids is 1. The van der Waals surface area contributed by atoms with Crippen molar-refractivity contribution in [2.45, 2.75) is 19.8 Å². The first kappa shape index (κ1) is 9.49. The van der Waals surface area contributed by atoms with Gasteiger partial charge in [-0.1, -0.05) is 6.92 Å². The summed E-state index contributed by atoms with van der Waals surface area (Å²) in [6, 6.07) is 0. The van der Waals surface area contributed by atoms with Crippen LogP contribution in [0.3, 0.4) is 0 Å². The number of nitrogens with zero attached hydrogens (tertiary/aromatic N) is 1. The lowest BCUT2D eigenvalue weighted by molar-refractivity contribution is -0.141.